The molecule has 0 spiro atoms. The Morgan fingerprint density at radius 3 is 2.96 bits per heavy atom. The zero-order valence-electron chi connectivity index (χ0n) is 14.8. The summed E-state index contributed by atoms with van der Waals surface area (Å²) in [6.07, 6.45) is 2.09. The molecule has 1 aromatic carbocycles. The molecule has 1 aliphatic heterocycles. The largest absolute Gasteiger partial charge is 0.317 e. The van der Waals surface area contributed by atoms with Crippen LogP contribution in [-0.4, -0.2) is 39.5 Å². The second-order valence-corrected chi connectivity index (χ2v) is 7.46. The quantitative estimate of drug-likeness (QED) is 0.829. The van der Waals surface area contributed by atoms with E-state index in [1.807, 2.05) is 13.1 Å². The van der Waals surface area contributed by atoms with Crippen LogP contribution in [0.3, 0.4) is 0 Å². The van der Waals surface area contributed by atoms with E-state index in [2.05, 4.69) is 45.8 Å². The number of aryl methyl sites for hydroxylation is 2. The van der Waals surface area contributed by atoms with Gasteiger partial charge in [-0.2, -0.15) is 10.1 Å². The van der Waals surface area contributed by atoms with Crippen LogP contribution in [0.5, 0.6) is 0 Å². The van der Waals surface area contributed by atoms with Gasteiger partial charge in [0.25, 0.3) is 0 Å². The monoisotopic (exact) mass is 359 g/mol. The van der Waals surface area contributed by atoms with Gasteiger partial charge in [0.15, 0.2) is 5.82 Å². The fourth-order valence-corrected chi connectivity index (χ4v) is 3.77. The van der Waals surface area contributed by atoms with Gasteiger partial charge < -0.3 is 5.32 Å². The van der Waals surface area contributed by atoms with Crippen LogP contribution in [0.25, 0.3) is 0 Å². The fourth-order valence-electron chi connectivity index (χ4n) is 2.99. The van der Waals surface area contributed by atoms with E-state index < -0.39 is 0 Å². The fraction of sp³-hybridized carbons (Fsp3) is 0.500. The number of aromatic nitrogens is 3. The third-order valence-electron chi connectivity index (χ3n) is 4.32. The van der Waals surface area contributed by atoms with Crippen LogP contribution in [0.1, 0.15) is 35.7 Å². The molecule has 0 aliphatic carbocycles. The van der Waals surface area contributed by atoms with Crippen molar-refractivity contribution in [3.8, 4) is 0 Å². The van der Waals surface area contributed by atoms with Crippen LogP contribution >= 0.6 is 11.8 Å². The lowest BCUT2D eigenvalue weighted by Crippen LogP contribution is -2.27. The summed E-state index contributed by atoms with van der Waals surface area (Å²) in [5.74, 6) is 2.96. The van der Waals surface area contributed by atoms with Crippen LogP contribution in [0.15, 0.2) is 24.3 Å². The SMILES string of the molecule is Cc1cccc(CSCC(=O)Nc2nc(C3CCNCC3)nn2C)c1. The van der Waals surface area contributed by atoms with Crippen molar-refractivity contribution < 1.29 is 4.79 Å². The van der Waals surface area contributed by atoms with Crippen molar-refractivity contribution in [2.75, 3.05) is 24.2 Å². The third-order valence-corrected chi connectivity index (χ3v) is 5.32. The average molecular weight is 359 g/mol. The van der Waals surface area contributed by atoms with E-state index in [4.69, 9.17) is 0 Å². The predicted molar refractivity (Wildman–Crippen MR) is 102 cm³/mol. The van der Waals surface area contributed by atoms with Crippen molar-refractivity contribution >= 4 is 23.6 Å². The molecule has 134 valence electrons. The molecule has 1 fully saturated rings. The number of hydrogen-bond donors (Lipinski definition) is 2. The average Bonchev–Trinajstić information content (AvgIpc) is 2.96. The molecule has 1 amide bonds. The van der Waals surface area contributed by atoms with Crippen molar-refractivity contribution in [2.45, 2.75) is 31.4 Å². The van der Waals surface area contributed by atoms with Gasteiger partial charge in [-0.05, 0) is 38.4 Å². The van der Waals surface area contributed by atoms with Crippen molar-refractivity contribution in [1.29, 1.82) is 0 Å². The molecule has 2 N–H and O–H groups in total. The van der Waals surface area contributed by atoms with E-state index in [0.717, 1.165) is 37.5 Å². The Hall–Kier alpha value is -1.86. The molecule has 0 radical (unpaired) electrons. The number of hydrogen-bond acceptors (Lipinski definition) is 5. The van der Waals surface area contributed by atoms with E-state index in [-0.39, 0.29) is 5.91 Å². The van der Waals surface area contributed by atoms with Crippen LogP contribution in [0, 0.1) is 6.92 Å². The minimum atomic E-state index is -0.0370. The molecule has 0 bridgehead atoms. The molecule has 3 rings (SSSR count). The Kier molecular flexibility index (Phi) is 6.09. The highest BCUT2D eigenvalue weighted by atomic mass is 32.2. The van der Waals surface area contributed by atoms with Gasteiger partial charge in [-0.15, -0.1) is 11.8 Å². The van der Waals surface area contributed by atoms with Crippen LogP contribution in [-0.2, 0) is 17.6 Å². The topological polar surface area (TPSA) is 71.8 Å². The number of amides is 1. The first-order valence-electron chi connectivity index (χ1n) is 8.66. The highest BCUT2D eigenvalue weighted by Gasteiger charge is 2.21. The third kappa shape index (κ3) is 5.06. The van der Waals surface area contributed by atoms with Crippen molar-refractivity contribution in [3.63, 3.8) is 0 Å². The lowest BCUT2D eigenvalue weighted by Gasteiger charge is -2.19. The number of carbonyl (C=O) groups is 1. The number of nitrogens with one attached hydrogen (secondary N) is 2. The first-order valence-corrected chi connectivity index (χ1v) is 9.82. The predicted octanol–water partition coefficient (Wildman–Crippen LogP) is 2.46. The molecule has 7 heteroatoms. The molecule has 2 heterocycles. The minimum Gasteiger partial charge on any atom is -0.317 e. The highest BCUT2D eigenvalue weighted by molar-refractivity contribution is 7.99. The summed E-state index contributed by atoms with van der Waals surface area (Å²) in [5.41, 5.74) is 2.48. The lowest BCUT2D eigenvalue weighted by atomic mass is 9.98. The summed E-state index contributed by atoms with van der Waals surface area (Å²) >= 11 is 1.61. The van der Waals surface area contributed by atoms with Gasteiger partial charge >= 0.3 is 0 Å². The number of piperidine rings is 1. The van der Waals surface area contributed by atoms with Gasteiger partial charge in [-0.3, -0.25) is 10.1 Å². The van der Waals surface area contributed by atoms with E-state index in [9.17, 15) is 4.79 Å². The second-order valence-electron chi connectivity index (χ2n) is 6.47. The molecule has 25 heavy (non-hydrogen) atoms. The Bertz CT molecular complexity index is 724. The number of anilines is 1. The number of carbonyl (C=O) groups excluding carboxylic acids is 1. The highest BCUT2D eigenvalue weighted by Crippen LogP contribution is 2.23. The summed E-state index contributed by atoms with van der Waals surface area (Å²) in [5, 5.41) is 10.7. The van der Waals surface area contributed by atoms with Crippen LogP contribution in [0.4, 0.5) is 5.95 Å². The molecule has 1 aliphatic rings. The Morgan fingerprint density at radius 2 is 2.20 bits per heavy atom. The summed E-state index contributed by atoms with van der Waals surface area (Å²) < 4.78 is 1.67. The standard InChI is InChI=1S/C18H25N5OS/c1-13-4-3-5-14(10-13)11-25-12-16(24)20-18-21-17(22-23(18)2)15-6-8-19-9-7-15/h3-5,10,15,19H,6-9,11-12H2,1-2H3,(H,20,21,22,24). The molecule has 1 saturated heterocycles. The normalized spacial score (nSPS) is 15.3. The minimum absolute atomic E-state index is 0.0370. The van der Waals surface area contributed by atoms with E-state index in [0.29, 0.717) is 17.6 Å². The zero-order chi connectivity index (χ0) is 17.6. The zero-order valence-corrected chi connectivity index (χ0v) is 15.6. The van der Waals surface area contributed by atoms with E-state index in [1.54, 1.807) is 16.4 Å². The summed E-state index contributed by atoms with van der Waals surface area (Å²) in [4.78, 5) is 16.7. The van der Waals surface area contributed by atoms with Crippen molar-refractivity contribution in [2.24, 2.45) is 7.05 Å². The second kappa shape index (κ2) is 8.49. The van der Waals surface area contributed by atoms with Crippen LogP contribution < -0.4 is 10.6 Å². The first-order chi connectivity index (χ1) is 12.1. The summed E-state index contributed by atoms with van der Waals surface area (Å²) in [6.45, 7) is 4.08. The Morgan fingerprint density at radius 1 is 1.40 bits per heavy atom. The van der Waals surface area contributed by atoms with E-state index in [1.165, 1.54) is 11.1 Å². The molecule has 1 aromatic heterocycles. The number of nitrogens with zero attached hydrogens (tertiary/aromatic N) is 3. The van der Waals surface area contributed by atoms with Gasteiger partial charge in [-0.25, -0.2) is 4.68 Å². The molecule has 6 nitrogen and oxygen atoms in total. The van der Waals surface area contributed by atoms with Gasteiger partial charge in [0.1, 0.15) is 0 Å². The molecule has 0 atom stereocenters. The van der Waals surface area contributed by atoms with Gasteiger partial charge in [-0.1, -0.05) is 29.8 Å². The summed E-state index contributed by atoms with van der Waals surface area (Å²) in [7, 11) is 1.83. The maximum atomic E-state index is 12.2. The number of benzene rings is 1. The van der Waals surface area contributed by atoms with Gasteiger partial charge in [0.05, 0.1) is 5.75 Å². The van der Waals surface area contributed by atoms with Crippen molar-refractivity contribution in [1.82, 2.24) is 20.1 Å². The van der Waals surface area contributed by atoms with E-state index >= 15 is 0 Å². The summed E-state index contributed by atoms with van der Waals surface area (Å²) in [6, 6.07) is 8.37. The van der Waals surface area contributed by atoms with Gasteiger partial charge in [0, 0.05) is 18.7 Å². The molecule has 0 saturated carbocycles. The van der Waals surface area contributed by atoms with Crippen molar-refractivity contribution in [3.05, 3.63) is 41.2 Å². The molecular formula is C18H25N5OS. The number of thioether (sulfide) groups is 1. The molecule has 0 unspecified atom stereocenters. The first kappa shape index (κ1) is 17.9. The Balaban J connectivity index is 1.50. The maximum absolute atomic E-state index is 12.2. The van der Waals surface area contributed by atoms with Gasteiger partial charge in [0.2, 0.25) is 11.9 Å². The number of rotatable bonds is 6. The maximum Gasteiger partial charge on any atom is 0.236 e. The smallest absolute Gasteiger partial charge is 0.236 e. The lowest BCUT2D eigenvalue weighted by molar-refractivity contribution is -0.113. The molecule has 2 aromatic rings. The Labute approximate surface area is 152 Å². The van der Waals surface area contributed by atoms with Crippen LogP contribution in [0.2, 0.25) is 0 Å². The molecular weight excluding hydrogens is 334 g/mol.